The quantitative estimate of drug-likeness (QED) is 0.495. The van der Waals surface area contributed by atoms with E-state index >= 15 is 0 Å². The summed E-state index contributed by atoms with van der Waals surface area (Å²) in [6.45, 7) is 1.65. The number of aromatic nitrogens is 4. The highest BCUT2D eigenvalue weighted by Crippen LogP contribution is 2.38. The van der Waals surface area contributed by atoms with Gasteiger partial charge in [0, 0.05) is 11.9 Å². The van der Waals surface area contributed by atoms with Gasteiger partial charge in [-0.2, -0.15) is 18.3 Å². The fraction of sp³-hybridized carbons (Fsp3) is 0.158. The van der Waals surface area contributed by atoms with Gasteiger partial charge in [-0.05, 0) is 42.8 Å². The molecular formula is C19H14ClF3N4O. The normalized spacial score (nSPS) is 13.2. The van der Waals surface area contributed by atoms with E-state index in [0.29, 0.717) is 28.3 Å². The standard InChI is InChI=1S/C19H14ClF3N4O/c1-10(28)11-2-4-12(5-3-11)27-17-9-14(20)13(19(21,22)23)8-16(17)25-18(27)15-6-7-24-26-15/h2-10,28H,1H3,(H,24,26). The minimum absolute atomic E-state index is 0.154. The van der Waals surface area contributed by atoms with Gasteiger partial charge in [0.1, 0.15) is 5.69 Å². The summed E-state index contributed by atoms with van der Waals surface area (Å²) in [6.07, 6.45) is -3.68. The highest BCUT2D eigenvalue weighted by molar-refractivity contribution is 6.32. The molecule has 0 aliphatic carbocycles. The molecule has 5 nitrogen and oxygen atoms in total. The number of aliphatic hydroxyl groups excluding tert-OH is 1. The van der Waals surface area contributed by atoms with Crippen molar-refractivity contribution in [1.82, 2.24) is 19.7 Å². The van der Waals surface area contributed by atoms with Crippen LogP contribution in [0.15, 0.2) is 48.7 Å². The SMILES string of the molecule is CC(O)c1ccc(-n2c(-c3ccn[nH]3)nc3cc(C(F)(F)F)c(Cl)cc32)cc1. The van der Waals surface area contributed by atoms with Crippen LogP contribution in [0.5, 0.6) is 0 Å². The van der Waals surface area contributed by atoms with Crippen LogP contribution in [0.2, 0.25) is 5.02 Å². The number of fused-ring (bicyclic) bond motifs is 1. The molecule has 1 atom stereocenters. The average Bonchev–Trinajstić information content (AvgIpc) is 3.27. The minimum Gasteiger partial charge on any atom is -0.389 e. The predicted molar refractivity (Wildman–Crippen MR) is 99.3 cm³/mol. The van der Waals surface area contributed by atoms with Crippen molar-refractivity contribution in [2.24, 2.45) is 0 Å². The molecule has 4 aromatic rings. The zero-order valence-corrected chi connectivity index (χ0v) is 15.3. The number of imidazole rings is 1. The summed E-state index contributed by atoms with van der Waals surface area (Å²) in [7, 11) is 0. The van der Waals surface area contributed by atoms with Gasteiger partial charge < -0.3 is 5.11 Å². The molecule has 2 aromatic heterocycles. The van der Waals surface area contributed by atoms with Gasteiger partial charge in [-0.1, -0.05) is 23.7 Å². The Balaban J connectivity index is 1.99. The molecule has 0 radical (unpaired) electrons. The number of halogens is 4. The lowest BCUT2D eigenvalue weighted by Gasteiger charge is -2.12. The van der Waals surface area contributed by atoms with Crippen LogP contribution in [0.3, 0.4) is 0 Å². The van der Waals surface area contributed by atoms with Gasteiger partial charge in [-0.25, -0.2) is 4.98 Å². The van der Waals surface area contributed by atoms with Crippen molar-refractivity contribution < 1.29 is 18.3 Å². The number of nitrogens with zero attached hydrogens (tertiary/aromatic N) is 3. The Hall–Kier alpha value is -2.84. The van der Waals surface area contributed by atoms with Crippen LogP contribution in [0.1, 0.15) is 24.2 Å². The molecule has 0 aliphatic rings. The van der Waals surface area contributed by atoms with Crippen molar-refractivity contribution in [3.8, 4) is 17.2 Å². The Morgan fingerprint density at radius 2 is 1.86 bits per heavy atom. The Kier molecular flexibility index (Phi) is 4.40. The van der Waals surface area contributed by atoms with Crippen LogP contribution in [0.4, 0.5) is 13.2 Å². The first-order valence-electron chi connectivity index (χ1n) is 8.33. The third-order valence-electron chi connectivity index (χ3n) is 4.42. The molecule has 2 N–H and O–H groups in total. The highest BCUT2D eigenvalue weighted by atomic mass is 35.5. The lowest BCUT2D eigenvalue weighted by atomic mass is 10.1. The number of hydrogen-bond donors (Lipinski definition) is 2. The Morgan fingerprint density at radius 3 is 2.43 bits per heavy atom. The second-order valence-corrected chi connectivity index (χ2v) is 6.73. The fourth-order valence-corrected chi connectivity index (χ4v) is 3.30. The molecular weight excluding hydrogens is 393 g/mol. The summed E-state index contributed by atoms with van der Waals surface area (Å²) in [4.78, 5) is 4.39. The zero-order chi connectivity index (χ0) is 20.1. The Morgan fingerprint density at radius 1 is 1.14 bits per heavy atom. The number of H-pyrrole nitrogens is 1. The summed E-state index contributed by atoms with van der Waals surface area (Å²) in [5.74, 6) is 0.396. The van der Waals surface area contributed by atoms with E-state index < -0.39 is 22.9 Å². The maximum atomic E-state index is 13.2. The molecule has 9 heteroatoms. The van der Waals surface area contributed by atoms with Gasteiger partial charge in [-0.3, -0.25) is 9.67 Å². The van der Waals surface area contributed by atoms with E-state index in [1.807, 2.05) is 0 Å². The fourth-order valence-electron chi connectivity index (χ4n) is 3.04. The summed E-state index contributed by atoms with van der Waals surface area (Å²) >= 11 is 5.93. The van der Waals surface area contributed by atoms with E-state index in [1.54, 1.807) is 41.8 Å². The summed E-state index contributed by atoms with van der Waals surface area (Å²) in [6, 6.07) is 10.9. The molecule has 0 saturated carbocycles. The smallest absolute Gasteiger partial charge is 0.389 e. The largest absolute Gasteiger partial charge is 0.417 e. The molecule has 0 bridgehead atoms. The van der Waals surface area contributed by atoms with E-state index in [0.717, 1.165) is 6.07 Å². The molecule has 0 saturated heterocycles. The molecule has 1 unspecified atom stereocenters. The number of nitrogens with one attached hydrogen (secondary N) is 1. The first-order chi connectivity index (χ1) is 13.3. The number of benzene rings is 2. The second-order valence-electron chi connectivity index (χ2n) is 6.33. The third kappa shape index (κ3) is 3.14. The van der Waals surface area contributed by atoms with Crippen LogP contribution in [0.25, 0.3) is 28.2 Å². The van der Waals surface area contributed by atoms with Gasteiger partial charge in [0.15, 0.2) is 5.82 Å². The van der Waals surface area contributed by atoms with Gasteiger partial charge in [0.25, 0.3) is 0 Å². The number of rotatable bonds is 3. The maximum absolute atomic E-state index is 13.2. The molecule has 28 heavy (non-hydrogen) atoms. The van der Waals surface area contributed by atoms with Gasteiger partial charge >= 0.3 is 6.18 Å². The first-order valence-corrected chi connectivity index (χ1v) is 8.71. The van der Waals surface area contributed by atoms with Gasteiger partial charge in [-0.15, -0.1) is 0 Å². The van der Waals surface area contributed by atoms with E-state index in [9.17, 15) is 18.3 Å². The Labute approximate surface area is 162 Å². The van der Waals surface area contributed by atoms with Crippen molar-refractivity contribution >= 4 is 22.6 Å². The first kappa shape index (κ1) is 18.5. The van der Waals surface area contributed by atoms with Gasteiger partial charge in [0.05, 0.1) is 27.7 Å². The van der Waals surface area contributed by atoms with E-state index in [-0.39, 0.29) is 5.52 Å². The van der Waals surface area contributed by atoms with Crippen LogP contribution in [-0.4, -0.2) is 24.9 Å². The number of hydrogen-bond acceptors (Lipinski definition) is 3. The monoisotopic (exact) mass is 406 g/mol. The van der Waals surface area contributed by atoms with Crippen molar-refractivity contribution in [2.75, 3.05) is 0 Å². The van der Waals surface area contributed by atoms with Crippen molar-refractivity contribution in [3.63, 3.8) is 0 Å². The molecule has 2 heterocycles. The third-order valence-corrected chi connectivity index (χ3v) is 4.74. The lowest BCUT2D eigenvalue weighted by Crippen LogP contribution is -2.06. The van der Waals surface area contributed by atoms with Crippen LogP contribution in [-0.2, 0) is 6.18 Å². The number of alkyl halides is 3. The molecule has 0 amide bonds. The number of aliphatic hydroxyl groups is 1. The predicted octanol–water partition coefficient (Wildman–Crippen LogP) is 5.14. The minimum atomic E-state index is -4.58. The van der Waals surface area contributed by atoms with Crippen LogP contribution < -0.4 is 0 Å². The molecule has 0 fully saturated rings. The highest BCUT2D eigenvalue weighted by Gasteiger charge is 2.34. The molecule has 2 aromatic carbocycles. The van der Waals surface area contributed by atoms with Crippen molar-refractivity contribution in [3.05, 3.63) is 64.8 Å². The molecule has 0 spiro atoms. The summed E-state index contributed by atoms with van der Waals surface area (Å²) < 4.78 is 41.4. The van der Waals surface area contributed by atoms with E-state index in [1.165, 1.54) is 12.3 Å². The van der Waals surface area contributed by atoms with E-state index in [2.05, 4.69) is 15.2 Å². The zero-order valence-electron chi connectivity index (χ0n) is 14.5. The van der Waals surface area contributed by atoms with Gasteiger partial charge in [0.2, 0.25) is 0 Å². The molecule has 144 valence electrons. The van der Waals surface area contributed by atoms with Crippen LogP contribution >= 0.6 is 11.6 Å². The lowest BCUT2D eigenvalue weighted by molar-refractivity contribution is -0.137. The molecule has 4 rings (SSSR count). The van der Waals surface area contributed by atoms with Crippen molar-refractivity contribution in [1.29, 1.82) is 0 Å². The average molecular weight is 407 g/mol. The van der Waals surface area contributed by atoms with Crippen LogP contribution in [0, 0.1) is 0 Å². The second kappa shape index (κ2) is 6.65. The Bertz CT molecular complexity index is 1130. The summed E-state index contributed by atoms with van der Waals surface area (Å²) in [5.41, 5.74) is 1.56. The maximum Gasteiger partial charge on any atom is 0.417 e. The van der Waals surface area contributed by atoms with E-state index in [4.69, 9.17) is 11.6 Å². The number of aromatic amines is 1. The summed E-state index contributed by atoms with van der Waals surface area (Å²) in [5, 5.41) is 16.0. The van der Waals surface area contributed by atoms with Crippen molar-refractivity contribution in [2.45, 2.75) is 19.2 Å². The molecule has 0 aliphatic heterocycles. The topological polar surface area (TPSA) is 66.7 Å².